The van der Waals surface area contributed by atoms with E-state index in [-0.39, 0.29) is 11.3 Å². The first-order chi connectivity index (χ1) is 8.27. The van der Waals surface area contributed by atoms with E-state index in [9.17, 15) is 4.79 Å². The van der Waals surface area contributed by atoms with Crippen LogP contribution < -0.4 is 10.6 Å². The Kier molecular flexibility index (Phi) is 3.79. The summed E-state index contributed by atoms with van der Waals surface area (Å²) in [6.07, 6.45) is 1.85. The molecule has 1 heterocycles. The third-order valence-electron chi connectivity index (χ3n) is 3.70. The maximum absolute atomic E-state index is 12.2. The number of nitrogens with one attached hydrogen (secondary N) is 2. The van der Waals surface area contributed by atoms with E-state index in [1.165, 1.54) is 0 Å². The maximum Gasteiger partial charge on any atom is 0.227 e. The summed E-state index contributed by atoms with van der Waals surface area (Å²) in [5.74, 6) is 0.189. The van der Waals surface area contributed by atoms with Crippen molar-refractivity contribution < 1.29 is 4.79 Å². The molecule has 0 spiro atoms. The number of carbonyl (C=O) groups excluding carboxylic acids is 1. The van der Waals surface area contributed by atoms with Crippen molar-refractivity contribution in [3.63, 3.8) is 0 Å². The highest BCUT2D eigenvalue weighted by atomic mass is 16.2. The first-order valence-corrected chi connectivity index (χ1v) is 6.30. The minimum atomic E-state index is -0.186. The fourth-order valence-electron chi connectivity index (χ4n) is 2.37. The first-order valence-electron chi connectivity index (χ1n) is 6.30. The molecule has 1 unspecified atom stereocenters. The third kappa shape index (κ3) is 2.67. The predicted octanol–water partition coefficient (Wildman–Crippen LogP) is 1.69. The Morgan fingerprint density at radius 3 is 2.76 bits per heavy atom. The molecule has 2 N–H and O–H groups in total. The van der Waals surface area contributed by atoms with Gasteiger partial charge >= 0.3 is 0 Å². The topological polar surface area (TPSA) is 41.1 Å². The summed E-state index contributed by atoms with van der Waals surface area (Å²) in [4.78, 5) is 12.2. The molecule has 92 valence electrons. The minimum Gasteiger partial charge on any atom is -0.352 e. The molecule has 0 bridgehead atoms. The van der Waals surface area contributed by atoms with E-state index in [0.717, 1.165) is 31.5 Å². The zero-order valence-corrected chi connectivity index (χ0v) is 10.3. The van der Waals surface area contributed by atoms with Crippen molar-refractivity contribution in [3.05, 3.63) is 35.9 Å². The van der Waals surface area contributed by atoms with Crippen molar-refractivity contribution in [2.45, 2.75) is 26.3 Å². The van der Waals surface area contributed by atoms with Gasteiger partial charge in [-0.05, 0) is 24.9 Å². The average Bonchev–Trinajstić information content (AvgIpc) is 2.87. The molecule has 1 aromatic rings. The highest BCUT2D eigenvalue weighted by Gasteiger charge is 2.39. The van der Waals surface area contributed by atoms with E-state index < -0.39 is 0 Å². The van der Waals surface area contributed by atoms with Crippen LogP contribution in [0.1, 0.15) is 25.3 Å². The lowest BCUT2D eigenvalue weighted by atomic mass is 9.83. The van der Waals surface area contributed by atoms with Gasteiger partial charge in [0.1, 0.15) is 0 Å². The molecule has 0 saturated carbocycles. The van der Waals surface area contributed by atoms with E-state index in [0.29, 0.717) is 6.54 Å². The van der Waals surface area contributed by atoms with Crippen molar-refractivity contribution >= 4 is 5.91 Å². The van der Waals surface area contributed by atoms with Crippen LogP contribution in [0, 0.1) is 5.41 Å². The zero-order chi connectivity index (χ0) is 12.1. The maximum atomic E-state index is 12.2. The van der Waals surface area contributed by atoms with Crippen LogP contribution in [0.25, 0.3) is 0 Å². The van der Waals surface area contributed by atoms with Gasteiger partial charge in [-0.1, -0.05) is 37.3 Å². The van der Waals surface area contributed by atoms with Gasteiger partial charge in [0.2, 0.25) is 5.91 Å². The van der Waals surface area contributed by atoms with Gasteiger partial charge in [0.15, 0.2) is 0 Å². The van der Waals surface area contributed by atoms with Gasteiger partial charge in [-0.2, -0.15) is 0 Å². The van der Waals surface area contributed by atoms with Crippen molar-refractivity contribution in [1.29, 1.82) is 0 Å². The van der Waals surface area contributed by atoms with Crippen LogP contribution in [0.15, 0.2) is 30.3 Å². The fraction of sp³-hybridized carbons (Fsp3) is 0.500. The Bertz CT molecular complexity index is 369. The quantitative estimate of drug-likeness (QED) is 0.829. The molecule has 17 heavy (non-hydrogen) atoms. The highest BCUT2D eigenvalue weighted by Crippen LogP contribution is 2.29. The molecule has 1 aliphatic rings. The van der Waals surface area contributed by atoms with Crippen molar-refractivity contribution in [2.75, 3.05) is 13.1 Å². The third-order valence-corrected chi connectivity index (χ3v) is 3.70. The molecule has 0 radical (unpaired) electrons. The van der Waals surface area contributed by atoms with Gasteiger partial charge in [-0.25, -0.2) is 0 Å². The molecule has 1 atom stereocenters. The largest absolute Gasteiger partial charge is 0.352 e. The van der Waals surface area contributed by atoms with Crippen LogP contribution in [-0.2, 0) is 11.3 Å². The Morgan fingerprint density at radius 1 is 1.41 bits per heavy atom. The summed E-state index contributed by atoms with van der Waals surface area (Å²) < 4.78 is 0. The molecule has 0 aliphatic carbocycles. The Hall–Kier alpha value is -1.35. The molecule has 1 saturated heterocycles. The number of benzene rings is 1. The van der Waals surface area contributed by atoms with Crippen LogP contribution in [0.2, 0.25) is 0 Å². The minimum absolute atomic E-state index is 0.186. The van der Waals surface area contributed by atoms with Crippen molar-refractivity contribution in [3.8, 4) is 0 Å². The number of carbonyl (C=O) groups is 1. The SMILES string of the molecule is CCC1(C(=O)NCc2ccccc2)CCNC1. The average molecular weight is 232 g/mol. The second kappa shape index (κ2) is 5.32. The van der Waals surface area contributed by atoms with Crippen LogP contribution in [0.4, 0.5) is 0 Å². The molecule has 3 nitrogen and oxygen atoms in total. The van der Waals surface area contributed by atoms with Crippen LogP contribution >= 0.6 is 0 Å². The smallest absolute Gasteiger partial charge is 0.227 e. The lowest BCUT2D eigenvalue weighted by Gasteiger charge is -2.25. The highest BCUT2D eigenvalue weighted by molar-refractivity contribution is 5.83. The predicted molar refractivity (Wildman–Crippen MR) is 68.5 cm³/mol. The van der Waals surface area contributed by atoms with Crippen LogP contribution in [0.3, 0.4) is 0 Å². The molecule has 1 aliphatic heterocycles. The molecular formula is C14H20N2O. The van der Waals surface area contributed by atoms with Crippen LogP contribution in [0.5, 0.6) is 0 Å². The summed E-state index contributed by atoms with van der Waals surface area (Å²) >= 11 is 0. The molecule has 1 fully saturated rings. The summed E-state index contributed by atoms with van der Waals surface area (Å²) in [5.41, 5.74) is 0.965. The van der Waals surface area contributed by atoms with Gasteiger partial charge in [0.25, 0.3) is 0 Å². The Labute approximate surface area is 103 Å². The first kappa shape index (κ1) is 12.1. The van der Waals surface area contributed by atoms with E-state index in [1.54, 1.807) is 0 Å². The molecule has 0 aromatic heterocycles. The molecule has 2 rings (SSSR count). The monoisotopic (exact) mass is 232 g/mol. The number of hydrogen-bond acceptors (Lipinski definition) is 2. The van der Waals surface area contributed by atoms with Gasteiger partial charge in [0, 0.05) is 13.1 Å². The summed E-state index contributed by atoms with van der Waals surface area (Å²) in [6.45, 7) is 4.48. The molecule has 3 heteroatoms. The fourth-order valence-corrected chi connectivity index (χ4v) is 2.37. The summed E-state index contributed by atoms with van der Waals surface area (Å²) in [5, 5.41) is 6.34. The Morgan fingerprint density at radius 2 is 2.18 bits per heavy atom. The van der Waals surface area contributed by atoms with Gasteiger partial charge in [0.05, 0.1) is 5.41 Å². The molecule has 1 amide bonds. The number of hydrogen-bond donors (Lipinski definition) is 2. The summed E-state index contributed by atoms with van der Waals surface area (Å²) in [6, 6.07) is 10.0. The van der Waals surface area contributed by atoms with Crippen molar-refractivity contribution in [2.24, 2.45) is 5.41 Å². The van der Waals surface area contributed by atoms with E-state index in [1.807, 2.05) is 30.3 Å². The normalized spacial score (nSPS) is 23.6. The second-order valence-electron chi connectivity index (χ2n) is 4.73. The standard InChI is InChI=1S/C14H20N2O/c1-2-14(8-9-15-11-14)13(17)16-10-12-6-4-3-5-7-12/h3-7,15H,2,8-11H2,1H3,(H,16,17). The van der Waals surface area contributed by atoms with E-state index in [4.69, 9.17) is 0 Å². The summed E-state index contributed by atoms with van der Waals surface area (Å²) in [7, 11) is 0. The van der Waals surface area contributed by atoms with E-state index in [2.05, 4.69) is 17.6 Å². The number of rotatable bonds is 4. The van der Waals surface area contributed by atoms with E-state index >= 15 is 0 Å². The van der Waals surface area contributed by atoms with Gasteiger partial charge < -0.3 is 10.6 Å². The lowest BCUT2D eigenvalue weighted by molar-refractivity contribution is -0.130. The van der Waals surface area contributed by atoms with Gasteiger partial charge in [-0.3, -0.25) is 4.79 Å². The lowest BCUT2D eigenvalue weighted by Crippen LogP contribution is -2.41. The molecule has 1 aromatic carbocycles. The second-order valence-corrected chi connectivity index (χ2v) is 4.73. The van der Waals surface area contributed by atoms with Crippen LogP contribution in [-0.4, -0.2) is 19.0 Å². The molecular weight excluding hydrogens is 212 g/mol. The Balaban J connectivity index is 1.93. The van der Waals surface area contributed by atoms with Gasteiger partial charge in [-0.15, -0.1) is 0 Å². The number of amides is 1. The zero-order valence-electron chi connectivity index (χ0n) is 10.3. The van der Waals surface area contributed by atoms with Crippen molar-refractivity contribution in [1.82, 2.24) is 10.6 Å².